The lowest BCUT2D eigenvalue weighted by molar-refractivity contribution is -0.137. The van der Waals surface area contributed by atoms with Gasteiger partial charge in [0.1, 0.15) is 5.37 Å². The first-order chi connectivity index (χ1) is 11.4. The zero-order chi connectivity index (χ0) is 17.3. The maximum absolute atomic E-state index is 12.9. The van der Waals surface area contributed by atoms with Gasteiger partial charge in [-0.2, -0.15) is 13.2 Å². The van der Waals surface area contributed by atoms with Crippen LogP contribution in [0.4, 0.5) is 13.2 Å². The number of carbonyl (C=O) groups excluding carboxylic acids is 1. The molecule has 126 valence electrons. The van der Waals surface area contributed by atoms with Crippen molar-refractivity contribution >= 4 is 29.3 Å². The Bertz CT molecular complexity index is 765. The fourth-order valence-corrected chi connectivity index (χ4v) is 4.05. The summed E-state index contributed by atoms with van der Waals surface area (Å²) in [5.41, 5.74) is 0.0872. The van der Waals surface area contributed by atoms with Gasteiger partial charge in [-0.05, 0) is 35.9 Å². The number of carbonyl (C=O) groups is 1. The summed E-state index contributed by atoms with van der Waals surface area (Å²) in [7, 11) is 0. The Hall–Kier alpha value is -1.66. The molecule has 0 N–H and O–H groups in total. The van der Waals surface area contributed by atoms with E-state index in [1.807, 2.05) is 6.07 Å². The molecule has 1 atom stereocenters. The molecule has 0 radical (unpaired) electrons. The topological polar surface area (TPSA) is 20.3 Å². The highest BCUT2D eigenvalue weighted by atomic mass is 35.5. The van der Waals surface area contributed by atoms with Gasteiger partial charge in [0.25, 0.3) is 5.91 Å². The zero-order valence-electron chi connectivity index (χ0n) is 12.4. The summed E-state index contributed by atoms with van der Waals surface area (Å²) in [6, 6.07) is 11.7. The van der Waals surface area contributed by atoms with Crippen LogP contribution in [-0.2, 0) is 6.18 Å². The number of rotatable bonds is 2. The molecule has 24 heavy (non-hydrogen) atoms. The van der Waals surface area contributed by atoms with Gasteiger partial charge in [0.05, 0.1) is 5.56 Å². The van der Waals surface area contributed by atoms with Crippen LogP contribution >= 0.6 is 23.4 Å². The Morgan fingerprint density at radius 1 is 1.17 bits per heavy atom. The van der Waals surface area contributed by atoms with E-state index in [2.05, 4.69) is 0 Å². The van der Waals surface area contributed by atoms with Crippen molar-refractivity contribution in [3.05, 3.63) is 70.2 Å². The first kappa shape index (κ1) is 17.2. The number of amides is 1. The summed E-state index contributed by atoms with van der Waals surface area (Å²) in [5.74, 6) is 0.318. The second-order valence-electron chi connectivity index (χ2n) is 5.36. The molecule has 1 aliphatic rings. The summed E-state index contributed by atoms with van der Waals surface area (Å²) < 4.78 is 38.6. The van der Waals surface area contributed by atoms with Crippen LogP contribution in [0, 0.1) is 0 Å². The van der Waals surface area contributed by atoms with E-state index in [-0.39, 0.29) is 10.9 Å². The van der Waals surface area contributed by atoms with E-state index in [0.29, 0.717) is 11.6 Å². The van der Waals surface area contributed by atoms with Crippen LogP contribution in [-0.4, -0.2) is 23.1 Å². The molecule has 2 aromatic carbocycles. The molecular weight excluding hydrogens is 359 g/mol. The van der Waals surface area contributed by atoms with E-state index in [9.17, 15) is 18.0 Å². The van der Waals surface area contributed by atoms with Crippen molar-refractivity contribution in [3.8, 4) is 0 Å². The molecule has 1 amide bonds. The fourth-order valence-electron chi connectivity index (χ4n) is 2.61. The van der Waals surface area contributed by atoms with E-state index >= 15 is 0 Å². The number of nitrogens with zero attached hydrogens (tertiary/aromatic N) is 1. The molecule has 0 aromatic heterocycles. The molecule has 0 spiro atoms. The minimum atomic E-state index is -4.47. The minimum absolute atomic E-state index is 0.0411. The maximum Gasteiger partial charge on any atom is 0.416 e. The third kappa shape index (κ3) is 3.54. The van der Waals surface area contributed by atoms with E-state index in [4.69, 9.17) is 11.6 Å². The molecule has 1 aliphatic heterocycles. The first-order valence-electron chi connectivity index (χ1n) is 7.21. The number of hydrogen-bond donors (Lipinski definition) is 0. The summed E-state index contributed by atoms with van der Waals surface area (Å²) in [6.45, 7) is 0.483. The molecule has 1 unspecified atom stereocenters. The largest absolute Gasteiger partial charge is 0.416 e. The first-order valence-corrected chi connectivity index (χ1v) is 8.64. The summed E-state index contributed by atoms with van der Waals surface area (Å²) >= 11 is 7.57. The van der Waals surface area contributed by atoms with Gasteiger partial charge in [-0.15, -0.1) is 11.8 Å². The van der Waals surface area contributed by atoms with Gasteiger partial charge in [0.2, 0.25) is 0 Å². The van der Waals surface area contributed by atoms with Crippen LogP contribution in [0.1, 0.15) is 26.9 Å². The molecule has 0 saturated carbocycles. The van der Waals surface area contributed by atoms with Crippen LogP contribution < -0.4 is 0 Å². The van der Waals surface area contributed by atoms with Gasteiger partial charge in [-0.1, -0.05) is 29.8 Å². The van der Waals surface area contributed by atoms with Crippen LogP contribution in [0.5, 0.6) is 0 Å². The van der Waals surface area contributed by atoms with E-state index < -0.39 is 17.6 Å². The minimum Gasteiger partial charge on any atom is -0.322 e. The van der Waals surface area contributed by atoms with Crippen molar-refractivity contribution in [1.82, 2.24) is 4.90 Å². The number of alkyl halides is 3. The van der Waals surface area contributed by atoms with Gasteiger partial charge in [-0.25, -0.2) is 0 Å². The summed E-state index contributed by atoms with van der Waals surface area (Å²) in [4.78, 5) is 14.3. The van der Waals surface area contributed by atoms with Gasteiger partial charge >= 0.3 is 6.18 Å². The Morgan fingerprint density at radius 2 is 1.92 bits per heavy atom. The molecular formula is C17H13ClF3NOS. The van der Waals surface area contributed by atoms with Crippen LogP contribution in [0.15, 0.2) is 48.5 Å². The monoisotopic (exact) mass is 371 g/mol. The summed E-state index contributed by atoms with van der Waals surface area (Å²) in [6.07, 6.45) is -4.47. The molecule has 2 aromatic rings. The third-order valence-electron chi connectivity index (χ3n) is 3.72. The Labute approximate surface area is 146 Å². The lowest BCUT2D eigenvalue weighted by Gasteiger charge is -2.24. The van der Waals surface area contributed by atoms with E-state index in [0.717, 1.165) is 23.4 Å². The Balaban J connectivity index is 1.89. The fraction of sp³-hybridized carbons (Fsp3) is 0.235. The van der Waals surface area contributed by atoms with E-state index in [1.54, 1.807) is 34.9 Å². The molecule has 3 rings (SSSR count). The highest BCUT2D eigenvalue weighted by molar-refractivity contribution is 7.99. The Morgan fingerprint density at radius 3 is 2.62 bits per heavy atom. The number of thioether (sulfide) groups is 1. The van der Waals surface area contributed by atoms with Gasteiger partial charge in [0.15, 0.2) is 0 Å². The molecule has 0 aliphatic carbocycles. The normalized spacial score (nSPS) is 18.0. The lowest BCUT2D eigenvalue weighted by Crippen LogP contribution is -2.30. The molecule has 1 fully saturated rings. The highest BCUT2D eigenvalue weighted by Crippen LogP contribution is 2.39. The predicted octanol–water partition coefficient (Wildman–Crippen LogP) is 5.25. The summed E-state index contributed by atoms with van der Waals surface area (Å²) in [5, 5.41) is 0.317. The van der Waals surface area contributed by atoms with Gasteiger partial charge in [-0.3, -0.25) is 4.79 Å². The average Bonchev–Trinajstić information content (AvgIpc) is 3.03. The predicted molar refractivity (Wildman–Crippen MR) is 89.1 cm³/mol. The average molecular weight is 372 g/mol. The molecule has 1 heterocycles. The van der Waals surface area contributed by atoms with E-state index in [1.165, 1.54) is 12.1 Å². The highest BCUT2D eigenvalue weighted by Gasteiger charge is 2.34. The smallest absolute Gasteiger partial charge is 0.322 e. The molecule has 1 saturated heterocycles. The molecule has 7 heteroatoms. The SMILES string of the molecule is O=C(c1cccc(C(F)(F)F)c1)N1CCSC1c1cccc(Cl)c1. The van der Waals surface area contributed by atoms with Crippen molar-refractivity contribution in [2.75, 3.05) is 12.3 Å². The second kappa shape index (κ2) is 6.69. The van der Waals surface area contributed by atoms with Crippen LogP contribution in [0.3, 0.4) is 0 Å². The number of halogens is 4. The second-order valence-corrected chi connectivity index (χ2v) is 6.98. The van der Waals surface area contributed by atoms with Gasteiger partial charge < -0.3 is 4.90 Å². The number of benzene rings is 2. The van der Waals surface area contributed by atoms with Crippen molar-refractivity contribution in [3.63, 3.8) is 0 Å². The van der Waals surface area contributed by atoms with Crippen molar-refractivity contribution in [2.45, 2.75) is 11.6 Å². The zero-order valence-corrected chi connectivity index (χ0v) is 14.0. The van der Waals surface area contributed by atoms with Crippen molar-refractivity contribution in [1.29, 1.82) is 0 Å². The van der Waals surface area contributed by atoms with Crippen LogP contribution in [0.2, 0.25) is 5.02 Å². The third-order valence-corrected chi connectivity index (χ3v) is 5.22. The van der Waals surface area contributed by atoms with Crippen molar-refractivity contribution in [2.24, 2.45) is 0 Å². The lowest BCUT2D eigenvalue weighted by atomic mass is 10.1. The standard InChI is InChI=1S/C17H13ClF3NOS/c18-14-6-2-4-12(10-14)16-22(7-8-24-16)15(23)11-3-1-5-13(9-11)17(19,20)21/h1-6,9-10,16H,7-8H2. The quantitative estimate of drug-likeness (QED) is 0.719. The number of hydrogen-bond acceptors (Lipinski definition) is 2. The van der Waals surface area contributed by atoms with Crippen molar-refractivity contribution < 1.29 is 18.0 Å². The molecule has 2 nitrogen and oxygen atoms in total. The van der Waals surface area contributed by atoms with Crippen LogP contribution in [0.25, 0.3) is 0 Å². The Kier molecular flexibility index (Phi) is 4.78. The maximum atomic E-state index is 12.9. The molecule has 0 bridgehead atoms. The van der Waals surface area contributed by atoms with Gasteiger partial charge in [0, 0.05) is 22.9 Å².